The topological polar surface area (TPSA) is 72.2 Å². The summed E-state index contributed by atoms with van der Waals surface area (Å²) in [6.45, 7) is 0.0974. The second-order valence-corrected chi connectivity index (χ2v) is 5.84. The fourth-order valence-corrected chi connectivity index (χ4v) is 3.24. The first kappa shape index (κ1) is 12.3. The molecule has 0 saturated heterocycles. The third kappa shape index (κ3) is 2.93. The molecule has 0 saturated carbocycles. The lowest BCUT2D eigenvalue weighted by Gasteiger charge is -2.06. The lowest BCUT2D eigenvalue weighted by Crippen LogP contribution is -2.23. The molecule has 0 spiro atoms. The molecule has 0 unspecified atom stereocenters. The van der Waals surface area contributed by atoms with Crippen molar-refractivity contribution in [3.8, 4) is 0 Å². The molecule has 17 heavy (non-hydrogen) atoms. The fourth-order valence-electron chi connectivity index (χ4n) is 1.24. The van der Waals surface area contributed by atoms with Crippen LogP contribution in [0.15, 0.2) is 50.5 Å². The van der Waals surface area contributed by atoms with E-state index in [9.17, 15) is 8.42 Å². The Morgan fingerprint density at radius 2 is 2.06 bits per heavy atom. The van der Waals surface area contributed by atoms with Gasteiger partial charge in [-0.05, 0) is 28.1 Å². The van der Waals surface area contributed by atoms with Crippen molar-refractivity contribution in [1.29, 1.82) is 0 Å². The molecule has 1 heterocycles. The van der Waals surface area contributed by atoms with Crippen molar-refractivity contribution < 1.29 is 12.9 Å². The number of sulfonamides is 1. The van der Waals surface area contributed by atoms with Gasteiger partial charge in [-0.15, -0.1) is 0 Å². The van der Waals surface area contributed by atoms with Gasteiger partial charge in [0.1, 0.15) is 6.26 Å². The van der Waals surface area contributed by atoms with Gasteiger partial charge in [-0.3, -0.25) is 0 Å². The van der Waals surface area contributed by atoms with Crippen molar-refractivity contribution in [1.82, 2.24) is 9.88 Å². The van der Waals surface area contributed by atoms with Crippen molar-refractivity contribution >= 4 is 26.0 Å². The highest BCUT2D eigenvalue weighted by Crippen LogP contribution is 2.20. The standard InChI is InChI=1S/C10H9BrN2O3S/c11-9-3-1-2-4-10(9)17(14,15)12-7-8-5-6-16-13-8/h1-6,12H,7H2. The van der Waals surface area contributed by atoms with E-state index in [0.717, 1.165) is 0 Å². The smallest absolute Gasteiger partial charge is 0.242 e. The molecule has 0 amide bonds. The molecule has 0 atom stereocenters. The van der Waals surface area contributed by atoms with E-state index in [-0.39, 0.29) is 11.4 Å². The molecule has 5 nitrogen and oxygen atoms in total. The minimum absolute atomic E-state index is 0.0974. The Morgan fingerprint density at radius 3 is 2.71 bits per heavy atom. The van der Waals surface area contributed by atoms with Crippen LogP contribution in [0.5, 0.6) is 0 Å². The van der Waals surface area contributed by atoms with Gasteiger partial charge in [-0.1, -0.05) is 17.3 Å². The Morgan fingerprint density at radius 1 is 1.29 bits per heavy atom. The largest absolute Gasteiger partial charge is 0.364 e. The highest BCUT2D eigenvalue weighted by molar-refractivity contribution is 9.10. The second-order valence-electron chi connectivity index (χ2n) is 3.25. The van der Waals surface area contributed by atoms with E-state index in [1.165, 1.54) is 12.3 Å². The number of hydrogen-bond acceptors (Lipinski definition) is 4. The van der Waals surface area contributed by atoms with Crippen LogP contribution in [-0.2, 0) is 16.6 Å². The maximum absolute atomic E-state index is 11.9. The maximum Gasteiger partial charge on any atom is 0.242 e. The van der Waals surface area contributed by atoms with Gasteiger partial charge in [-0.2, -0.15) is 0 Å². The molecule has 0 aliphatic rings. The number of hydrogen-bond donors (Lipinski definition) is 1. The molecular formula is C10H9BrN2O3S. The van der Waals surface area contributed by atoms with Gasteiger partial charge in [0, 0.05) is 10.5 Å². The highest BCUT2D eigenvalue weighted by atomic mass is 79.9. The molecule has 7 heteroatoms. The van der Waals surface area contributed by atoms with E-state index in [1.807, 2.05) is 0 Å². The first-order valence-corrected chi connectivity index (χ1v) is 7.01. The Balaban J connectivity index is 2.17. The Hall–Kier alpha value is -1.18. The molecule has 0 aliphatic carbocycles. The Kier molecular flexibility index (Phi) is 3.60. The number of halogens is 1. The number of benzene rings is 1. The van der Waals surface area contributed by atoms with E-state index in [0.29, 0.717) is 10.2 Å². The van der Waals surface area contributed by atoms with Crippen LogP contribution in [0.25, 0.3) is 0 Å². The normalized spacial score (nSPS) is 11.6. The highest BCUT2D eigenvalue weighted by Gasteiger charge is 2.16. The van der Waals surface area contributed by atoms with Crippen molar-refractivity contribution in [2.24, 2.45) is 0 Å². The summed E-state index contributed by atoms with van der Waals surface area (Å²) in [7, 11) is -3.55. The summed E-state index contributed by atoms with van der Waals surface area (Å²) in [5.41, 5.74) is 0.528. The lowest BCUT2D eigenvalue weighted by atomic mass is 10.4. The second kappa shape index (κ2) is 4.99. The zero-order valence-corrected chi connectivity index (χ0v) is 11.0. The van der Waals surface area contributed by atoms with Crippen molar-refractivity contribution in [3.05, 3.63) is 46.8 Å². The van der Waals surface area contributed by atoms with Gasteiger partial charge in [0.15, 0.2) is 0 Å². The molecular weight excluding hydrogens is 308 g/mol. The molecule has 90 valence electrons. The summed E-state index contributed by atoms with van der Waals surface area (Å²) < 4.78 is 31.5. The number of nitrogens with one attached hydrogen (secondary N) is 1. The summed E-state index contributed by atoms with van der Waals surface area (Å²) in [5, 5.41) is 3.62. The third-order valence-corrected chi connectivity index (χ3v) is 4.47. The van der Waals surface area contributed by atoms with Crippen LogP contribution >= 0.6 is 15.9 Å². The van der Waals surface area contributed by atoms with Crippen LogP contribution in [-0.4, -0.2) is 13.6 Å². The zero-order chi connectivity index (χ0) is 12.3. The predicted octanol–water partition coefficient (Wildman–Crippen LogP) is 1.92. The van der Waals surface area contributed by atoms with Crippen LogP contribution in [0.2, 0.25) is 0 Å². The maximum atomic E-state index is 11.9. The van der Waals surface area contributed by atoms with E-state index >= 15 is 0 Å². The number of aromatic nitrogens is 1. The molecule has 0 bridgehead atoms. The number of rotatable bonds is 4. The SMILES string of the molecule is O=S(=O)(NCc1ccon1)c1ccccc1Br. The molecule has 1 aromatic carbocycles. The molecule has 1 N–H and O–H groups in total. The van der Waals surface area contributed by atoms with Crippen molar-refractivity contribution in [2.45, 2.75) is 11.4 Å². The predicted molar refractivity (Wildman–Crippen MR) is 64.7 cm³/mol. The van der Waals surface area contributed by atoms with Crippen molar-refractivity contribution in [3.63, 3.8) is 0 Å². The van der Waals surface area contributed by atoms with Crippen LogP contribution in [0, 0.1) is 0 Å². The molecule has 0 fully saturated rings. The third-order valence-electron chi connectivity index (χ3n) is 2.06. The molecule has 0 aliphatic heterocycles. The first-order chi connectivity index (χ1) is 8.09. The molecule has 2 aromatic rings. The van der Waals surface area contributed by atoms with Gasteiger partial charge in [-0.25, -0.2) is 13.1 Å². The number of nitrogens with zero attached hydrogens (tertiary/aromatic N) is 1. The summed E-state index contributed by atoms with van der Waals surface area (Å²) >= 11 is 3.20. The minimum Gasteiger partial charge on any atom is -0.364 e. The van der Waals surface area contributed by atoms with Gasteiger partial charge >= 0.3 is 0 Å². The summed E-state index contributed by atoms with van der Waals surface area (Å²) in [5.74, 6) is 0. The zero-order valence-electron chi connectivity index (χ0n) is 8.63. The Labute approximate surface area is 107 Å². The summed E-state index contributed by atoms with van der Waals surface area (Å²) in [4.78, 5) is 0.198. The molecule has 0 radical (unpaired) electrons. The average molecular weight is 317 g/mol. The molecule has 1 aromatic heterocycles. The van der Waals surface area contributed by atoms with Crippen LogP contribution in [0.3, 0.4) is 0 Å². The van der Waals surface area contributed by atoms with Gasteiger partial charge in [0.25, 0.3) is 0 Å². The van der Waals surface area contributed by atoms with E-state index < -0.39 is 10.0 Å². The van der Waals surface area contributed by atoms with Crippen LogP contribution in [0.4, 0.5) is 0 Å². The summed E-state index contributed by atoms with van der Waals surface area (Å²) in [6, 6.07) is 8.21. The average Bonchev–Trinajstić information content (AvgIpc) is 2.80. The van der Waals surface area contributed by atoms with Crippen LogP contribution < -0.4 is 4.72 Å². The van der Waals surface area contributed by atoms with E-state index in [4.69, 9.17) is 0 Å². The first-order valence-electron chi connectivity index (χ1n) is 4.73. The van der Waals surface area contributed by atoms with Gasteiger partial charge in [0.2, 0.25) is 10.0 Å². The van der Waals surface area contributed by atoms with E-state index in [1.54, 1.807) is 24.3 Å². The van der Waals surface area contributed by atoms with Crippen molar-refractivity contribution in [2.75, 3.05) is 0 Å². The fraction of sp³-hybridized carbons (Fsp3) is 0.100. The van der Waals surface area contributed by atoms with Crippen LogP contribution in [0.1, 0.15) is 5.69 Å². The monoisotopic (exact) mass is 316 g/mol. The van der Waals surface area contributed by atoms with Gasteiger partial charge < -0.3 is 4.52 Å². The van der Waals surface area contributed by atoms with E-state index in [2.05, 4.69) is 30.3 Å². The lowest BCUT2D eigenvalue weighted by molar-refractivity contribution is 0.411. The van der Waals surface area contributed by atoms with Gasteiger partial charge in [0.05, 0.1) is 17.1 Å². The summed E-state index contributed by atoms with van der Waals surface area (Å²) in [6.07, 6.45) is 1.39. The quantitative estimate of drug-likeness (QED) is 0.935. The minimum atomic E-state index is -3.55. The Bertz CT molecular complexity index is 596. The molecule has 2 rings (SSSR count).